The molecule has 33 heavy (non-hydrogen) atoms. The van der Waals surface area contributed by atoms with E-state index in [2.05, 4.69) is 29.1 Å². The van der Waals surface area contributed by atoms with Crippen LogP contribution >= 0.6 is 0 Å². The Bertz CT molecular complexity index is 1360. The summed E-state index contributed by atoms with van der Waals surface area (Å²) in [4.78, 5) is 44.2. The quantitative estimate of drug-likeness (QED) is 0.454. The van der Waals surface area contributed by atoms with Crippen LogP contribution in [0.25, 0.3) is 10.8 Å². The normalized spacial score (nSPS) is 10.9. The highest BCUT2D eigenvalue weighted by Crippen LogP contribution is 2.13. The van der Waals surface area contributed by atoms with Crippen molar-refractivity contribution >= 4 is 16.7 Å². The van der Waals surface area contributed by atoms with E-state index < -0.39 is 0 Å². The van der Waals surface area contributed by atoms with E-state index in [9.17, 15) is 14.4 Å². The van der Waals surface area contributed by atoms with Crippen molar-refractivity contribution in [3.8, 4) is 0 Å². The fraction of sp³-hybridized carbons (Fsp3) is 0.231. The Kier molecular flexibility index (Phi) is 6.78. The summed E-state index contributed by atoms with van der Waals surface area (Å²) >= 11 is 0. The smallest absolute Gasteiger partial charge is 0.273 e. The molecule has 0 atom stereocenters. The summed E-state index contributed by atoms with van der Waals surface area (Å²) in [5.74, 6) is -0.112. The third-order valence-corrected chi connectivity index (χ3v) is 5.69. The predicted molar refractivity (Wildman–Crippen MR) is 128 cm³/mol. The highest BCUT2D eigenvalue weighted by molar-refractivity contribution is 5.80. The van der Waals surface area contributed by atoms with E-state index in [4.69, 9.17) is 0 Å². The van der Waals surface area contributed by atoms with Gasteiger partial charge in [0.2, 0.25) is 5.91 Å². The first-order valence-corrected chi connectivity index (χ1v) is 11.0. The number of aromatic nitrogens is 3. The van der Waals surface area contributed by atoms with E-state index in [0.29, 0.717) is 23.9 Å². The molecule has 0 radical (unpaired) electrons. The van der Waals surface area contributed by atoms with Crippen LogP contribution in [-0.4, -0.2) is 25.6 Å². The Labute approximate surface area is 191 Å². The van der Waals surface area contributed by atoms with Gasteiger partial charge in [-0.1, -0.05) is 49.4 Å². The molecule has 1 N–H and O–H groups in total. The van der Waals surface area contributed by atoms with E-state index in [1.807, 2.05) is 24.3 Å². The molecule has 0 aliphatic rings. The second-order valence-electron chi connectivity index (χ2n) is 7.97. The topological polar surface area (TPSA) is 88.1 Å². The van der Waals surface area contributed by atoms with Crippen LogP contribution in [-0.2, 0) is 30.8 Å². The number of aromatic amines is 1. The Morgan fingerprint density at radius 3 is 2.30 bits per heavy atom. The summed E-state index contributed by atoms with van der Waals surface area (Å²) in [7, 11) is 0. The number of hydrogen-bond donors (Lipinski definition) is 1. The largest absolute Gasteiger partial charge is 0.334 e. The fourth-order valence-corrected chi connectivity index (χ4v) is 3.81. The molecule has 0 fully saturated rings. The second-order valence-corrected chi connectivity index (χ2v) is 7.97. The zero-order valence-electron chi connectivity index (χ0n) is 18.5. The van der Waals surface area contributed by atoms with Crippen molar-refractivity contribution in [2.45, 2.75) is 39.4 Å². The summed E-state index contributed by atoms with van der Waals surface area (Å²) in [5, 5.41) is 3.28. The number of fused-ring (bicyclic) bond motifs is 1. The van der Waals surface area contributed by atoms with Gasteiger partial charge in [-0.15, -0.1) is 0 Å². The fourth-order valence-electron chi connectivity index (χ4n) is 3.81. The standard InChI is InChI=1S/C26H26N4O3/c1-2-19-9-11-20(12-10-19)17-29(18-21-6-5-14-27-16-21)24(31)13-15-30-26(33)23-8-4-3-7-22(23)25(32)28-30/h3-12,14,16H,2,13,15,17-18H2,1H3,(H,28,32). The lowest BCUT2D eigenvalue weighted by Gasteiger charge is -2.23. The van der Waals surface area contributed by atoms with E-state index >= 15 is 0 Å². The number of hydrogen-bond acceptors (Lipinski definition) is 4. The third kappa shape index (κ3) is 5.26. The van der Waals surface area contributed by atoms with Crippen LogP contribution in [0.15, 0.2) is 82.6 Å². The van der Waals surface area contributed by atoms with Gasteiger partial charge in [0.05, 0.1) is 17.3 Å². The molecule has 0 saturated heterocycles. The minimum Gasteiger partial charge on any atom is -0.334 e. The van der Waals surface area contributed by atoms with Crippen LogP contribution in [0.3, 0.4) is 0 Å². The predicted octanol–water partition coefficient (Wildman–Crippen LogP) is 3.27. The van der Waals surface area contributed by atoms with E-state index in [0.717, 1.165) is 17.5 Å². The lowest BCUT2D eigenvalue weighted by molar-refractivity contribution is -0.132. The number of pyridine rings is 1. The molecule has 1 amide bonds. The lowest BCUT2D eigenvalue weighted by Crippen LogP contribution is -2.34. The molecule has 2 aromatic heterocycles. The van der Waals surface area contributed by atoms with Gasteiger partial charge in [0, 0.05) is 31.9 Å². The molecule has 0 spiro atoms. The summed E-state index contributed by atoms with van der Waals surface area (Å²) < 4.78 is 1.22. The van der Waals surface area contributed by atoms with Crippen molar-refractivity contribution in [1.82, 2.24) is 19.7 Å². The molecule has 0 unspecified atom stereocenters. The first-order chi connectivity index (χ1) is 16.0. The summed E-state index contributed by atoms with van der Waals surface area (Å²) in [6.07, 6.45) is 4.48. The van der Waals surface area contributed by atoms with Crippen molar-refractivity contribution in [2.75, 3.05) is 0 Å². The average Bonchev–Trinajstić information content (AvgIpc) is 2.86. The maximum absolute atomic E-state index is 13.2. The molecule has 0 aliphatic carbocycles. The molecular formula is C26H26N4O3. The van der Waals surface area contributed by atoms with Gasteiger partial charge in [-0.05, 0) is 41.3 Å². The van der Waals surface area contributed by atoms with Gasteiger partial charge in [0.1, 0.15) is 0 Å². The van der Waals surface area contributed by atoms with Crippen molar-refractivity contribution in [2.24, 2.45) is 0 Å². The highest BCUT2D eigenvalue weighted by Gasteiger charge is 2.16. The van der Waals surface area contributed by atoms with Gasteiger partial charge in [-0.3, -0.25) is 24.5 Å². The zero-order chi connectivity index (χ0) is 23.2. The van der Waals surface area contributed by atoms with Crippen LogP contribution in [0.1, 0.15) is 30.0 Å². The number of amides is 1. The molecule has 4 aromatic rings. The van der Waals surface area contributed by atoms with Crippen LogP contribution in [0.5, 0.6) is 0 Å². The number of carbonyl (C=O) groups is 1. The van der Waals surface area contributed by atoms with Crippen LogP contribution in [0.2, 0.25) is 0 Å². The lowest BCUT2D eigenvalue weighted by atomic mass is 10.1. The Balaban J connectivity index is 1.54. The maximum atomic E-state index is 13.2. The van der Waals surface area contributed by atoms with E-state index in [1.165, 1.54) is 10.2 Å². The number of nitrogens with one attached hydrogen (secondary N) is 1. The van der Waals surface area contributed by atoms with Gasteiger partial charge >= 0.3 is 0 Å². The molecule has 7 heteroatoms. The molecule has 0 saturated carbocycles. The Hall–Kier alpha value is -4.00. The van der Waals surface area contributed by atoms with Gasteiger partial charge in [-0.2, -0.15) is 0 Å². The third-order valence-electron chi connectivity index (χ3n) is 5.69. The van der Waals surface area contributed by atoms with Crippen molar-refractivity contribution < 1.29 is 4.79 Å². The van der Waals surface area contributed by atoms with Crippen molar-refractivity contribution in [3.63, 3.8) is 0 Å². The van der Waals surface area contributed by atoms with E-state index in [1.54, 1.807) is 41.6 Å². The Morgan fingerprint density at radius 2 is 1.61 bits per heavy atom. The number of aryl methyl sites for hydroxylation is 2. The minimum atomic E-state index is -0.346. The number of carbonyl (C=O) groups excluding carboxylic acids is 1. The zero-order valence-corrected chi connectivity index (χ0v) is 18.5. The van der Waals surface area contributed by atoms with E-state index in [-0.39, 0.29) is 30.0 Å². The SMILES string of the molecule is CCc1ccc(CN(Cc2cccnc2)C(=O)CCn2[nH]c(=O)c3ccccc3c2=O)cc1. The second kappa shape index (κ2) is 10.1. The molecule has 0 bridgehead atoms. The minimum absolute atomic E-state index is 0.0848. The summed E-state index contributed by atoms with van der Waals surface area (Å²) in [6, 6.07) is 18.7. The molecule has 168 valence electrons. The van der Waals surface area contributed by atoms with Crippen molar-refractivity contribution in [3.05, 3.63) is 110 Å². The summed E-state index contributed by atoms with van der Waals surface area (Å²) in [5.41, 5.74) is 2.53. The number of H-pyrrole nitrogens is 1. The van der Waals surface area contributed by atoms with Crippen molar-refractivity contribution in [1.29, 1.82) is 0 Å². The monoisotopic (exact) mass is 442 g/mol. The summed E-state index contributed by atoms with van der Waals surface area (Å²) in [6.45, 7) is 3.05. The average molecular weight is 443 g/mol. The Morgan fingerprint density at radius 1 is 0.909 bits per heavy atom. The first kappa shape index (κ1) is 22.2. The maximum Gasteiger partial charge on any atom is 0.273 e. The number of nitrogens with zero attached hydrogens (tertiary/aromatic N) is 3. The number of rotatable bonds is 8. The molecule has 7 nitrogen and oxygen atoms in total. The van der Waals surface area contributed by atoms with Crippen LogP contribution in [0.4, 0.5) is 0 Å². The molecular weight excluding hydrogens is 416 g/mol. The molecule has 0 aliphatic heterocycles. The van der Waals surface area contributed by atoms with Gasteiger partial charge in [0.25, 0.3) is 11.1 Å². The van der Waals surface area contributed by atoms with Crippen LogP contribution in [0, 0.1) is 0 Å². The first-order valence-electron chi connectivity index (χ1n) is 11.0. The molecule has 2 heterocycles. The molecule has 4 rings (SSSR count). The van der Waals surface area contributed by atoms with Crippen LogP contribution < -0.4 is 11.1 Å². The van der Waals surface area contributed by atoms with Gasteiger partial charge in [0.15, 0.2) is 0 Å². The molecule has 2 aromatic carbocycles. The van der Waals surface area contributed by atoms with Gasteiger partial charge in [-0.25, -0.2) is 4.68 Å². The number of benzene rings is 2. The highest BCUT2D eigenvalue weighted by atomic mass is 16.2. The van der Waals surface area contributed by atoms with Gasteiger partial charge < -0.3 is 4.90 Å².